The van der Waals surface area contributed by atoms with Crippen LogP contribution in [0.25, 0.3) is 0 Å². The second-order valence-corrected chi connectivity index (χ2v) is 7.25. The van der Waals surface area contributed by atoms with E-state index in [2.05, 4.69) is 36.8 Å². The second kappa shape index (κ2) is 8.25. The van der Waals surface area contributed by atoms with Gasteiger partial charge in [0.1, 0.15) is 5.51 Å². The molecule has 9 heteroatoms. The van der Waals surface area contributed by atoms with E-state index in [1.807, 2.05) is 25.1 Å². The van der Waals surface area contributed by atoms with E-state index in [1.54, 1.807) is 5.51 Å². The lowest BCUT2D eigenvalue weighted by Gasteiger charge is -2.09. The molecule has 1 aromatic carbocycles. The van der Waals surface area contributed by atoms with Crippen molar-refractivity contribution in [2.45, 2.75) is 11.3 Å². The summed E-state index contributed by atoms with van der Waals surface area (Å²) in [5.74, 6) is -0.276. The Kier molecular flexibility index (Phi) is 6.34. The van der Waals surface area contributed by atoms with Gasteiger partial charge in [-0.1, -0.05) is 39.0 Å². The maximum absolute atomic E-state index is 11.8. The van der Waals surface area contributed by atoms with Crippen LogP contribution in [0.4, 0.5) is 5.69 Å². The molecule has 0 radical (unpaired) electrons. The molecule has 0 bridgehead atoms. The van der Waals surface area contributed by atoms with Gasteiger partial charge in [0, 0.05) is 10.2 Å². The summed E-state index contributed by atoms with van der Waals surface area (Å²) >= 11 is 6.03. The van der Waals surface area contributed by atoms with Crippen LogP contribution in [0.5, 0.6) is 0 Å². The van der Waals surface area contributed by atoms with Crippen molar-refractivity contribution in [1.29, 1.82) is 0 Å². The third kappa shape index (κ3) is 5.39. The normalized spacial score (nSPS) is 10.3. The van der Waals surface area contributed by atoms with Crippen molar-refractivity contribution >= 4 is 56.5 Å². The Balaban J connectivity index is 1.74. The van der Waals surface area contributed by atoms with Crippen LogP contribution >= 0.6 is 39.0 Å². The minimum absolute atomic E-state index is 0.0645. The van der Waals surface area contributed by atoms with Crippen molar-refractivity contribution in [3.05, 3.63) is 33.7 Å². The van der Waals surface area contributed by atoms with Gasteiger partial charge < -0.3 is 10.6 Å². The van der Waals surface area contributed by atoms with E-state index in [-0.39, 0.29) is 24.1 Å². The second-order valence-electron chi connectivity index (χ2n) is 4.28. The lowest BCUT2D eigenvalue weighted by molar-refractivity contribution is -0.122. The van der Waals surface area contributed by atoms with Gasteiger partial charge in [-0.2, -0.15) is 0 Å². The van der Waals surface area contributed by atoms with Crippen molar-refractivity contribution in [3.8, 4) is 0 Å². The first-order chi connectivity index (χ1) is 10.5. The summed E-state index contributed by atoms with van der Waals surface area (Å²) in [6, 6.07) is 5.57. The number of carbonyl (C=O) groups is 2. The van der Waals surface area contributed by atoms with E-state index in [4.69, 9.17) is 0 Å². The van der Waals surface area contributed by atoms with Crippen molar-refractivity contribution in [1.82, 2.24) is 15.5 Å². The van der Waals surface area contributed by atoms with E-state index in [0.717, 1.165) is 20.1 Å². The number of nitrogens with one attached hydrogen (secondary N) is 2. The minimum atomic E-state index is -0.264. The number of hydrogen-bond donors (Lipinski definition) is 2. The summed E-state index contributed by atoms with van der Waals surface area (Å²) < 4.78 is 1.68. The number of benzene rings is 1. The van der Waals surface area contributed by atoms with Gasteiger partial charge in [-0.3, -0.25) is 9.59 Å². The molecule has 0 unspecified atom stereocenters. The topological polar surface area (TPSA) is 84.0 Å². The number of aryl methyl sites for hydroxylation is 1. The fourth-order valence-electron chi connectivity index (χ4n) is 1.54. The molecule has 0 aliphatic carbocycles. The van der Waals surface area contributed by atoms with Gasteiger partial charge in [0.2, 0.25) is 11.8 Å². The zero-order chi connectivity index (χ0) is 15.9. The van der Waals surface area contributed by atoms with Gasteiger partial charge in [-0.25, -0.2) is 0 Å². The zero-order valence-electron chi connectivity index (χ0n) is 11.6. The molecule has 6 nitrogen and oxygen atoms in total. The maximum atomic E-state index is 11.8. The smallest absolute Gasteiger partial charge is 0.243 e. The molecule has 0 fully saturated rings. The molecular formula is C13H13BrN4O2S2. The molecule has 1 heterocycles. The van der Waals surface area contributed by atoms with Crippen molar-refractivity contribution in [2.75, 3.05) is 17.6 Å². The van der Waals surface area contributed by atoms with Crippen LogP contribution in [0.15, 0.2) is 32.5 Å². The molecule has 0 saturated carbocycles. The number of halogens is 1. The van der Waals surface area contributed by atoms with Crippen molar-refractivity contribution < 1.29 is 9.59 Å². The standard InChI is InChI=1S/C13H13BrN4O2S2/c1-8-4-9(14)2-3-10(8)17-11(19)5-15-12(20)6-21-13-18-16-7-22-13/h2-4,7H,5-6H2,1H3,(H,15,20)(H,17,19). The highest BCUT2D eigenvalue weighted by Crippen LogP contribution is 2.20. The number of hydrogen-bond acceptors (Lipinski definition) is 6. The predicted molar refractivity (Wildman–Crippen MR) is 91.2 cm³/mol. The Bertz CT molecular complexity index is 664. The average molecular weight is 401 g/mol. The minimum Gasteiger partial charge on any atom is -0.346 e. The summed E-state index contributed by atoms with van der Waals surface area (Å²) in [6.07, 6.45) is 0. The summed E-state index contributed by atoms with van der Waals surface area (Å²) in [7, 11) is 0. The maximum Gasteiger partial charge on any atom is 0.243 e. The molecule has 2 amide bonds. The molecule has 0 spiro atoms. The van der Waals surface area contributed by atoms with Crippen LogP contribution in [0.2, 0.25) is 0 Å². The van der Waals surface area contributed by atoms with Gasteiger partial charge >= 0.3 is 0 Å². The lowest BCUT2D eigenvalue weighted by Crippen LogP contribution is -2.34. The number of anilines is 1. The Morgan fingerprint density at radius 3 is 2.86 bits per heavy atom. The Morgan fingerprint density at radius 2 is 2.18 bits per heavy atom. The zero-order valence-corrected chi connectivity index (χ0v) is 14.8. The molecule has 0 saturated heterocycles. The number of nitrogens with zero attached hydrogens (tertiary/aromatic N) is 2. The number of aromatic nitrogens is 2. The van der Waals surface area contributed by atoms with Crippen LogP contribution < -0.4 is 10.6 Å². The molecule has 2 rings (SSSR count). The molecule has 1 aromatic heterocycles. The quantitative estimate of drug-likeness (QED) is 0.727. The first kappa shape index (κ1) is 16.9. The molecule has 2 N–H and O–H groups in total. The average Bonchev–Trinajstić information content (AvgIpc) is 2.99. The van der Waals surface area contributed by atoms with Crippen LogP contribution in [0.1, 0.15) is 5.56 Å². The summed E-state index contributed by atoms with van der Waals surface area (Å²) in [5.41, 5.74) is 3.28. The Hall–Kier alpha value is -1.45. The highest BCUT2D eigenvalue weighted by atomic mass is 79.9. The number of amides is 2. The van der Waals surface area contributed by atoms with Gasteiger partial charge in [0.25, 0.3) is 0 Å². The molecule has 0 aliphatic rings. The van der Waals surface area contributed by atoms with E-state index in [9.17, 15) is 9.59 Å². The summed E-state index contributed by atoms with van der Waals surface area (Å²) in [4.78, 5) is 23.5. The number of rotatable bonds is 6. The van der Waals surface area contributed by atoms with Crippen LogP contribution in [0, 0.1) is 6.92 Å². The molecule has 0 atom stereocenters. The van der Waals surface area contributed by atoms with Gasteiger partial charge in [0.15, 0.2) is 4.34 Å². The monoisotopic (exact) mass is 400 g/mol. The van der Waals surface area contributed by atoms with Crippen LogP contribution in [-0.2, 0) is 9.59 Å². The van der Waals surface area contributed by atoms with Gasteiger partial charge in [-0.05, 0) is 30.7 Å². The van der Waals surface area contributed by atoms with E-state index < -0.39 is 0 Å². The fourth-order valence-corrected chi connectivity index (χ4v) is 3.34. The number of thioether (sulfide) groups is 1. The molecule has 116 valence electrons. The van der Waals surface area contributed by atoms with Gasteiger partial charge in [-0.15, -0.1) is 10.2 Å². The van der Waals surface area contributed by atoms with E-state index in [0.29, 0.717) is 0 Å². The summed E-state index contributed by atoms with van der Waals surface area (Å²) in [5, 5.41) is 12.8. The largest absolute Gasteiger partial charge is 0.346 e. The first-order valence-corrected chi connectivity index (χ1v) is 8.92. The van der Waals surface area contributed by atoms with Crippen molar-refractivity contribution in [2.24, 2.45) is 0 Å². The third-order valence-corrected chi connectivity index (χ3v) is 4.93. The van der Waals surface area contributed by atoms with Crippen LogP contribution in [-0.4, -0.2) is 34.3 Å². The highest BCUT2D eigenvalue weighted by Gasteiger charge is 2.09. The molecule has 2 aromatic rings. The molecular weight excluding hydrogens is 388 g/mol. The first-order valence-electron chi connectivity index (χ1n) is 6.26. The van der Waals surface area contributed by atoms with Gasteiger partial charge in [0.05, 0.1) is 12.3 Å². The SMILES string of the molecule is Cc1cc(Br)ccc1NC(=O)CNC(=O)CSc1nncs1. The van der Waals surface area contributed by atoms with E-state index in [1.165, 1.54) is 23.1 Å². The lowest BCUT2D eigenvalue weighted by atomic mass is 10.2. The Labute approximate surface area is 144 Å². The fraction of sp³-hybridized carbons (Fsp3) is 0.231. The van der Waals surface area contributed by atoms with Crippen molar-refractivity contribution in [3.63, 3.8) is 0 Å². The number of carbonyl (C=O) groups excluding carboxylic acids is 2. The third-order valence-electron chi connectivity index (χ3n) is 2.58. The van der Waals surface area contributed by atoms with E-state index >= 15 is 0 Å². The highest BCUT2D eigenvalue weighted by molar-refractivity contribution is 9.10. The Morgan fingerprint density at radius 1 is 1.36 bits per heavy atom. The van der Waals surface area contributed by atoms with Crippen LogP contribution in [0.3, 0.4) is 0 Å². The summed E-state index contributed by atoms with van der Waals surface area (Å²) in [6.45, 7) is 1.84. The molecule has 22 heavy (non-hydrogen) atoms. The molecule has 0 aliphatic heterocycles. The predicted octanol–water partition coefficient (Wildman–Crippen LogP) is 2.46.